The zero-order valence-corrected chi connectivity index (χ0v) is 17.1. The molecule has 0 radical (unpaired) electrons. The van der Waals surface area contributed by atoms with E-state index >= 15 is 0 Å². The summed E-state index contributed by atoms with van der Waals surface area (Å²) in [5, 5.41) is 3.52. The Bertz CT molecular complexity index is 942. The van der Waals surface area contributed by atoms with Gasteiger partial charge in [-0.2, -0.15) is 0 Å². The van der Waals surface area contributed by atoms with Crippen LogP contribution < -0.4 is 15.6 Å². The molecule has 1 heterocycles. The molecule has 2 N–H and O–H groups in total. The molecule has 130 valence electrons. The molecule has 0 amide bonds. The van der Waals surface area contributed by atoms with E-state index in [0.717, 1.165) is 3.57 Å². The number of sulfonamides is 1. The van der Waals surface area contributed by atoms with Crippen LogP contribution in [0.25, 0.3) is 0 Å². The van der Waals surface area contributed by atoms with Crippen molar-refractivity contribution in [2.75, 3.05) is 15.8 Å². The Morgan fingerprint density at radius 3 is 2.50 bits per heavy atom. The zero-order valence-electron chi connectivity index (χ0n) is 13.4. The van der Waals surface area contributed by atoms with Crippen molar-refractivity contribution in [3.8, 4) is 0 Å². The van der Waals surface area contributed by atoms with Crippen molar-refractivity contribution in [1.29, 1.82) is 0 Å². The monoisotopic (exact) mass is 481 g/mol. The highest BCUT2D eigenvalue weighted by molar-refractivity contribution is 14.1. The molecular weight excluding hydrogens is 465 g/mol. The van der Waals surface area contributed by atoms with Crippen molar-refractivity contribution < 1.29 is 8.42 Å². The fourth-order valence-electron chi connectivity index (χ4n) is 2.08. The van der Waals surface area contributed by atoms with E-state index in [1.165, 1.54) is 10.6 Å². The molecule has 0 fully saturated rings. The van der Waals surface area contributed by atoms with E-state index in [9.17, 15) is 13.2 Å². The molecule has 0 unspecified atom stereocenters. The number of hydrogen-bond donors (Lipinski definition) is 2. The summed E-state index contributed by atoms with van der Waals surface area (Å²) in [5.74, 6) is 0.254. The summed E-state index contributed by atoms with van der Waals surface area (Å²) >= 11 is 8.36. The van der Waals surface area contributed by atoms with Gasteiger partial charge in [0.25, 0.3) is 5.56 Å². The fraction of sp³-hybridized carbons (Fsp3) is 0.267. The molecule has 6 nitrogen and oxygen atoms in total. The van der Waals surface area contributed by atoms with Crippen molar-refractivity contribution >= 4 is 61.4 Å². The minimum absolute atomic E-state index is 0.0708. The summed E-state index contributed by atoms with van der Waals surface area (Å²) in [7, 11) is -1.92. The molecule has 0 saturated carbocycles. The molecule has 0 saturated heterocycles. The van der Waals surface area contributed by atoms with Gasteiger partial charge in [0, 0.05) is 16.2 Å². The number of aromatic nitrogens is 1. The van der Waals surface area contributed by atoms with Gasteiger partial charge in [0.15, 0.2) is 0 Å². The van der Waals surface area contributed by atoms with Crippen molar-refractivity contribution in [3.63, 3.8) is 0 Å². The van der Waals surface area contributed by atoms with E-state index in [-0.39, 0.29) is 11.3 Å². The van der Waals surface area contributed by atoms with E-state index in [4.69, 9.17) is 11.6 Å². The zero-order chi connectivity index (χ0) is 18.1. The molecule has 0 aliphatic heterocycles. The van der Waals surface area contributed by atoms with Gasteiger partial charge in [-0.1, -0.05) is 11.6 Å². The second kappa shape index (κ2) is 7.32. The van der Waals surface area contributed by atoms with Gasteiger partial charge in [-0.15, -0.1) is 0 Å². The molecule has 0 spiro atoms. The van der Waals surface area contributed by atoms with Crippen LogP contribution >= 0.6 is 34.2 Å². The van der Waals surface area contributed by atoms with Crippen molar-refractivity contribution in [3.05, 3.63) is 48.8 Å². The second-order valence-electron chi connectivity index (χ2n) is 5.21. The highest BCUT2D eigenvalue weighted by Crippen LogP contribution is 2.30. The Balaban J connectivity index is 2.58. The first-order chi connectivity index (χ1) is 11.1. The van der Waals surface area contributed by atoms with Gasteiger partial charge in [-0.05, 0) is 60.7 Å². The van der Waals surface area contributed by atoms with E-state index in [2.05, 4.69) is 32.6 Å². The van der Waals surface area contributed by atoms with Gasteiger partial charge >= 0.3 is 0 Å². The summed E-state index contributed by atoms with van der Waals surface area (Å²) < 4.78 is 28.7. The molecule has 0 bridgehead atoms. The fourth-order valence-corrected chi connectivity index (χ4v) is 3.62. The van der Waals surface area contributed by atoms with Crippen LogP contribution in [-0.2, 0) is 17.1 Å². The minimum atomic E-state index is -3.49. The quantitative estimate of drug-likeness (QED) is 0.641. The van der Waals surface area contributed by atoms with Gasteiger partial charge in [0.05, 0.1) is 22.2 Å². The largest absolute Gasteiger partial charge is 0.339 e. The van der Waals surface area contributed by atoms with E-state index in [1.807, 2.05) is 6.07 Å². The average molecular weight is 482 g/mol. The Labute approximate surface area is 159 Å². The molecule has 24 heavy (non-hydrogen) atoms. The molecule has 1 aromatic carbocycles. The second-order valence-corrected chi connectivity index (χ2v) is 8.87. The standard InChI is InChI=1S/C15H17ClIN3O3S/c1-4-24(22,23)19-13-7-9(2)15(21)20(3)14(13)18-12-6-5-10(17)8-11(12)16/h5-8,18-19H,4H2,1-3H3. The molecule has 2 rings (SSSR count). The van der Waals surface area contributed by atoms with Crippen LogP contribution in [0, 0.1) is 10.5 Å². The third kappa shape index (κ3) is 4.22. The SMILES string of the molecule is CCS(=O)(=O)Nc1cc(C)c(=O)n(C)c1Nc1ccc(I)cc1Cl. The maximum atomic E-state index is 12.2. The third-order valence-corrected chi connectivity index (χ3v) is 5.70. The summed E-state index contributed by atoms with van der Waals surface area (Å²) in [6.45, 7) is 3.17. The Morgan fingerprint density at radius 1 is 1.25 bits per heavy atom. The first kappa shape index (κ1) is 19.1. The molecular formula is C15H17ClIN3O3S. The van der Waals surface area contributed by atoms with Crippen LogP contribution in [0.5, 0.6) is 0 Å². The number of hydrogen-bond acceptors (Lipinski definition) is 4. The van der Waals surface area contributed by atoms with Gasteiger partial charge in [-0.3, -0.25) is 14.1 Å². The number of rotatable bonds is 5. The molecule has 0 aliphatic rings. The van der Waals surface area contributed by atoms with Crippen LogP contribution in [0.4, 0.5) is 17.2 Å². The lowest BCUT2D eigenvalue weighted by Gasteiger charge is -2.18. The number of benzene rings is 1. The third-order valence-electron chi connectivity index (χ3n) is 3.42. The van der Waals surface area contributed by atoms with Crippen LogP contribution in [-0.4, -0.2) is 18.7 Å². The van der Waals surface area contributed by atoms with Crippen molar-refractivity contribution in [2.24, 2.45) is 7.05 Å². The maximum Gasteiger partial charge on any atom is 0.254 e. The number of halogens is 2. The normalized spacial score (nSPS) is 11.4. The lowest BCUT2D eigenvalue weighted by Crippen LogP contribution is -2.25. The lowest BCUT2D eigenvalue weighted by atomic mass is 10.2. The predicted molar refractivity (Wildman–Crippen MR) is 107 cm³/mol. The molecule has 0 aliphatic carbocycles. The maximum absolute atomic E-state index is 12.2. The molecule has 0 atom stereocenters. The van der Waals surface area contributed by atoms with Crippen molar-refractivity contribution in [2.45, 2.75) is 13.8 Å². The van der Waals surface area contributed by atoms with Crippen LogP contribution in [0.1, 0.15) is 12.5 Å². The van der Waals surface area contributed by atoms with Gasteiger partial charge in [-0.25, -0.2) is 8.42 Å². The molecule has 1 aromatic heterocycles. The Morgan fingerprint density at radius 2 is 1.92 bits per heavy atom. The first-order valence-electron chi connectivity index (χ1n) is 7.08. The van der Waals surface area contributed by atoms with E-state index < -0.39 is 10.0 Å². The number of nitrogens with one attached hydrogen (secondary N) is 2. The number of pyridine rings is 1. The van der Waals surface area contributed by atoms with Gasteiger partial charge < -0.3 is 5.32 Å². The van der Waals surface area contributed by atoms with Gasteiger partial charge in [0.2, 0.25) is 10.0 Å². The van der Waals surface area contributed by atoms with Crippen molar-refractivity contribution in [1.82, 2.24) is 4.57 Å². The predicted octanol–water partition coefficient (Wildman–Crippen LogP) is 3.46. The van der Waals surface area contributed by atoms with Crippen LogP contribution in [0.2, 0.25) is 5.02 Å². The number of aryl methyl sites for hydroxylation is 1. The summed E-state index contributed by atoms with van der Waals surface area (Å²) in [5.41, 5.74) is 1.09. The number of nitrogens with zero attached hydrogens (tertiary/aromatic N) is 1. The Kier molecular flexibility index (Phi) is 5.82. The summed E-state index contributed by atoms with van der Waals surface area (Å²) in [6, 6.07) is 6.91. The summed E-state index contributed by atoms with van der Waals surface area (Å²) in [6.07, 6.45) is 0. The van der Waals surface area contributed by atoms with Gasteiger partial charge in [0.1, 0.15) is 5.82 Å². The summed E-state index contributed by atoms with van der Waals surface area (Å²) in [4.78, 5) is 12.2. The highest BCUT2D eigenvalue weighted by atomic mass is 127. The molecule has 2 aromatic rings. The minimum Gasteiger partial charge on any atom is -0.339 e. The van der Waals surface area contributed by atoms with Crippen LogP contribution in [0.3, 0.4) is 0 Å². The van der Waals surface area contributed by atoms with E-state index in [0.29, 0.717) is 27.8 Å². The van der Waals surface area contributed by atoms with E-state index in [1.54, 1.807) is 33.0 Å². The topological polar surface area (TPSA) is 80.2 Å². The molecule has 9 heteroatoms. The smallest absolute Gasteiger partial charge is 0.254 e. The lowest BCUT2D eigenvalue weighted by molar-refractivity contribution is 0.602. The Hall–Kier alpha value is -1.26. The number of anilines is 3. The first-order valence-corrected chi connectivity index (χ1v) is 10.2. The average Bonchev–Trinajstić information content (AvgIpc) is 2.50. The highest BCUT2D eigenvalue weighted by Gasteiger charge is 2.16. The van der Waals surface area contributed by atoms with Crippen LogP contribution in [0.15, 0.2) is 29.1 Å².